The van der Waals surface area contributed by atoms with E-state index in [9.17, 15) is 0 Å². The first-order valence-corrected chi connectivity index (χ1v) is 5.87. The van der Waals surface area contributed by atoms with E-state index in [4.69, 9.17) is 34.8 Å². The third kappa shape index (κ3) is 3.62. The molecule has 0 saturated carbocycles. The fourth-order valence-electron chi connectivity index (χ4n) is 0.849. The molecule has 0 amide bonds. The molecule has 1 heterocycles. The van der Waals surface area contributed by atoms with Crippen LogP contribution < -0.4 is 0 Å². The van der Waals surface area contributed by atoms with Crippen LogP contribution in [0.1, 0.15) is 11.3 Å². The Labute approximate surface area is 101 Å². The van der Waals surface area contributed by atoms with Crippen LogP contribution in [0, 0.1) is 0 Å². The molecule has 0 bridgehead atoms. The molecule has 0 spiro atoms. The summed E-state index contributed by atoms with van der Waals surface area (Å²) in [6.07, 6.45) is 2.64. The molecule has 0 saturated heterocycles. The van der Waals surface area contributed by atoms with Crippen molar-refractivity contribution in [3.05, 3.63) is 29.6 Å². The van der Waals surface area contributed by atoms with E-state index in [1.165, 1.54) is 0 Å². The maximum Gasteiger partial charge on any atom is 0.232 e. The summed E-state index contributed by atoms with van der Waals surface area (Å²) in [4.78, 5) is 4.05. The Morgan fingerprint density at radius 1 is 1.31 bits per heavy atom. The molecule has 1 nitrogen and oxygen atoms in total. The van der Waals surface area contributed by atoms with Crippen LogP contribution in [0.5, 0.6) is 0 Å². The first kappa shape index (κ1) is 11.6. The Bertz CT molecular complexity index is 268. The molecule has 0 aliphatic rings. The summed E-state index contributed by atoms with van der Waals surface area (Å²) in [5.41, 5.74) is 1.57. The predicted octanol–water partition coefficient (Wildman–Crippen LogP) is 3.85. The van der Waals surface area contributed by atoms with E-state index in [2.05, 4.69) is 20.9 Å². The van der Waals surface area contributed by atoms with Gasteiger partial charge in [0, 0.05) is 11.5 Å². The minimum atomic E-state index is -1.42. The third-order valence-corrected chi connectivity index (χ3v) is 2.48. The van der Waals surface area contributed by atoms with Crippen molar-refractivity contribution in [3.63, 3.8) is 0 Å². The van der Waals surface area contributed by atoms with Gasteiger partial charge in [0.05, 0.1) is 5.69 Å². The Morgan fingerprint density at radius 3 is 2.38 bits per heavy atom. The number of pyridine rings is 1. The molecule has 0 unspecified atom stereocenters. The van der Waals surface area contributed by atoms with Crippen LogP contribution in [0.25, 0.3) is 0 Å². The summed E-state index contributed by atoms with van der Waals surface area (Å²) in [5, 5.41) is 0.905. The van der Waals surface area contributed by atoms with Crippen molar-refractivity contribution in [2.45, 2.75) is 10.2 Å². The molecule has 0 atom stereocenters. The van der Waals surface area contributed by atoms with E-state index in [1.54, 1.807) is 12.3 Å². The summed E-state index contributed by atoms with van der Waals surface area (Å²) in [6, 6.07) is 3.64. The first-order valence-electron chi connectivity index (χ1n) is 3.62. The smallest absolute Gasteiger partial charge is 0.232 e. The van der Waals surface area contributed by atoms with Gasteiger partial charge in [0.25, 0.3) is 0 Å². The predicted molar refractivity (Wildman–Crippen MR) is 61.0 cm³/mol. The van der Waals surface area contributed by atoms with E-state index in [1.807, 2.05) is 6.07 Å². The molecule has 1 aromatic heterocycles. The standard InChI is InChI=1S/C8H7BrCl3N/c9-4-3-6-1-2-7(13-5-6)8(10,11)12/h1-2,5H,3-4H2. The lowest BCUT2D eigenvalue weighted by Gasteiger charge is -2.09. The average Bonchev–Trinajstić information content (AvgIpc) is 2.04. The number of hydrogen-bond acceptors (Lipinski definition) is 1. The van der Waals surface area contributed by atoms with Crippen LogP contribution in [0.15, 0.2) is 18.3 Å². The average molecular weight is 303 g/mol. The molecule has 0 aliphatic heterocycles. The second kappa shape index (κ2) is 4.83. The summed E-state index contributed by atoms with van der Waals surface area (Å²) in [5.74, 6) is 0. The lowest BCUT2D eigenvalue weighted by Crippen LogP contribution is -2.03. The molecule has 1 aromatic rings. The Balaban J connectivity index is 2.81. The Hall–Kier alpha value is 0.500. The molecule has 0 radical (unpaired) electrons. The molecule has 72 valence electrons. The molecular weight excluding hydrogens is 296 g/mol. The van der Waals surface area contributed by atoms with Gasteiger partial charge in [-0.15, -0.1) is 0 Å². The lowest BCUT2D eigenvalue weighted by atomic mass is 10.2. The highest BCUT2D eigenvalue weighted by molar-refractivity contribution is 9.09. The van der Waals surface area contributed by atoms with Crippen molar-refractivity contribution in [1.82, 2.24) is 4.98 Å². The second-order valence-electron chi connectivity index (χ2n) is 2.49. The molecule has 0 N–H and O–H groups in total. The number of rotatable bonds is 2. The molecular formula is C8H7BrCl3N. The van der Waals surface area contributed by atoms with Crippen LogP contribution in [-0.2, 0) is 10.2 Å². The first-order chi connectivity index (χ1) is 6.04. The minimum Gasteiger partial charge on any atom is -0.256 e. The van der Waals surface area contributed by atoms with E-state index in [0.717, 1.165) is 17.3 Å². The number of halogens is 4. The quantitative estimate of drug-likeness (QED) is 0.756. The van der Waals surface area contributed by atoms with Crippen LogP contribution in [0.4, 0.5) is 0 Å². The van der Waals surface area contributed by atoms with Gasteiger partial charge in [0.15, 0.2) is 0 Å². The molecule has 5 heteroatoms. The Kier molecular flexibility index (Phi) is 4.30. The minimum absolute atomic E-state index is 0.454. The van der Waals surface area contributed by atoms with Gasteiger partial charge in [-0.1, -0.05) is 56.8 Å². The van der Waals surface area contributed by atoms with E-state index in [-0.39, 0.29) is 0 Å². The zero-order valence-electron chi connectivity index (χ0n) is 6.61. The number of hydrogen-bond donors (Lipinski definition) is 0. The molecule has 13 heavy (non-hydrogen) atoms. The van der Waals surface area contributed by atoms with Crippen LogP contribution in [0.2, 0.25) is 0 Å². The van der Waals surface area contributed by atoms with Crippen LogP contribution >= 0.6 is 50.7 Å². The van der Waals surface area contributed by atoms with Crippen LogP contribution in [0.3, 0.4) is 0 Å². The largest absolute Gasteiger partial charge is 0.256 e. The Morgan fingerprint density at radius 2 is 2.00 bits per heavy atom. The van der Waals surface area contributed by atoms with Gasteiger partial charge in [0.1, 0.15) is 0 Å². The zero-order chi connectivity index (χ0) is 9.90. The van der Waals surface area contributed by atoms with Crippen molar-refractivity contribution in [2.24, 2.45) is 0 Å². The summed E-state index contributed by atoms with van der Waals surface area (Å²) < 4.78 is -1.42. The molecule has 0 fully saturated rings. The summed E-state index contributed by atoms with van der Waals surface area (Å²) >= 11 is 20.3. The van der Waals surface area contributed by atoms with Gasteiger partial charge < -0.3 is 0 Å². The van der Waals surface area contributed by atoms with Crippen molar-refractivity contribution < 1.29 is 0 Å². The van der Waals surface area contributed by atoms with Gasteiger partial charge in [-0.3, -0.25) is 4.98 Å². The monoisotopic (exact) mass is 301 g/mol. The van der Waals surface area contributed by atoms with Gasteiger partial charge in [-0.2, -0.15) is 0 Å². The zero-order valence-corrected chi connectivity index (χ0v) is 10.5. The summed E-state index contributed by atoms with van der Waals surface area (Å²) in [7, 11) is 0. The van der Waals surface area contributed by atoms with Crippen LogP contribution in [-0.4, -0.2) is 10.3 Å². The van der Waals surface area contributed by atoms with Gasteiger partial charge in [0.2, 0.25) is 3.79 Å². The number of alkyl halides is 4. The molecule has 1 rings (SSSR count). The van der Waals surface area contributed by atoms with Gasteiger partial charge in [-0.25, -0.2) is 0 Å². The number of aryl methyl sites for hydroxylation is 1. The van der Waals surface area contributed by atoms with Gasteiger partial charge >= 0.3 is 0 Å². The van der Waals surface area contributed by atoms with Crippen molar-refractivity contribution in [1.29, 1.82) is 0 Å². The van der Waals surface area contributed by atoms with E-state index < -0.39 is 3.79 Å². The number of nitrogens with zero attached hydrogens (tertiary/aromatic N) is 1. The second-order valence-corrected chi connectivity index (χ2v) is 5.56. The van der Waals surface area contributed by atoms with E-state index >= 15 is 0 Å². The highest BCUT2D eigenvalue weighted by Gasteiger charge is 2.23. The van der Waals surface area contributed by atoms with E-state index in [0.29, 0.717) is 5.69 Å². The maximum atomic E-state index is 5.65. The molecule has 0 aromatic carbocycles. The highest BCUT2D eigenvalue weighted by atomic mass is 79.9. The van der Waals surface area contributed by atoms with Crippen molar-refractivity contribution in [2.75, 3.05) is 5.33 Å². The highest BCUT2D eigenvalue weighted by Crippen LogP contribution is 2.36. The SMILES string of the molecule is ClC(Cl)(Cl)c1ccc(CCBr)cn1. The third-order valence-electron chi connectivity index (χ3n) is 1.50. The normalized spacial score (nSPS) is 11.7. The maximum absolute atomic E-state index is 5.65. The van der Waals surface area contributed by atoms with Gasteiger partial charge in [-0.05, 0) is 18.1 Å². The molecule has 0 aliphatic carbocycles. The topological polar surface area (TPSA) is 12.9 Å². The lowest BCUT2D eigenvalue weighted by molar-refractivity contribution is 1.04. The summed E-state index contributed by atoms with van der Waals surface area (Å²) in [6.45, 7) is 0. The number of aromatic nitrogens is 1. The fourth-order valence-corrected chi connectivity index (χ4v) is 1.64. The van der Waals surface area contributed by atoms with Crippen molar-refractivity contribution in [3.8, 4) is 0 Å². The fraction of sp³-hybridized carbons (Fsp3) is 0.375. The van der Waals surface area contributed by atoms with Crippen molar-refractivity contribution >= 4 is 50.7 Å².